The second-order valence-electron chi connectivity index (χ2n) is 6.86. The third kappa shape index (κ3) is 6.24. The lowest BCUT2D eigenvalue weighted by molar-refractivity contribution is 0.0392. The molecular formula is C16H35N3. The zero-order chi connectivity index (χ0) is 14.3. The van der Waals surface area contributed by atoms with Gasteiger partial charge in [-0.25, -0.2) is 0 Å². The first-order valence-electron chi connectivity index (χ1n) is 8.12. The van der Waals surface area contributed by atoms with Crippen LogP contribution in [0.5, 0.6) is 0 Å². The molecule has 0 aromatic carbocycles. The van der Waals surface area contributed by atoms with E-state index in [1.807, 2.05) is 0 Å². The lowest BCUT2D eigenvalue weighted by Crippen LogP contribution is -2.57. The monoisotopic (exact) mass is 269 g/mol. The average Bonchev–Trinajstić information content (AvgIpc) is 2.36. The molecule has 0 spiro atoms. The van der Waals surface area contributed by atoms with Crippen LogP contribution in [-0.4, -0.2) is 61.2 Å². The molecule has 3 nitrogen and oxygen atoms in total. The van der Waals surface area contributed by atoms with E-state index in [0.717, 1.165) is 6.54 Å². The highest BCUT2D eigenvalue weighted by Crippen LogP contribution is 2.19. The van der Waals surface area contributed by atoms with Gasteiger partial charge in [0.1, 0.15) is 0 Å². The molecule has 0 radical (unpaired) electrons. The van der Waals surface area contributed by atoms with E-state index in [9.17, 15) is 0 Å². The summed E-state index contributed by atoms with van der Waals surface area (Å²) in [6.07, 6.45) is 5.25. The third-order valence-corrected chi connectivity index (χ3v) is 4.50. The predicted octanol–water partition coefficient (Wildman–Crippen LogP) is 2.57. The van der Waals surface area contributed by atoms with Crippen molar-refractivity contribution < 1.29 is 0 Å². The van der Waals surface area contributed by atoms with E-state index in [0.29, 0.717) is 11.6 Å². The molecule has 0 aliphatic carbocycles. The molecule has 1 fully saturated rings. The number of unbranched alkanes of at least 4 members (excludes halogenated alkanes) is 1. The topological polar surface area (TPSA) is 18.5 Å². The van der Waals surface area contributed by atoms with E-state index in [-0.39, 0.29) is 0 Å². The van der Waals surface area contributed by atoms with Gasteiger partial charge in [-0.1, -0.05) is 13.3 Å². The minimum absolute atomic E-state index is 0.341. The van der Waals surface area contributed by atoms with Crippen molar-refractivity contribution in [3.8, 4) is 0 Å². The number of rotatable bonds is 8. The van der Waals surface area contributed by atoms with Crippen LogP contribution in [0.4, 0.5) is 0 Å². The molecule has 1 unspecified atom stereocenters. The largest absolute Gasteiger partial charge is 0.314 e. The van der Waals surface area contributed by atoms with Gasteiger partial charge in [-0.3, -0.25) is 4.90 Å². The summed E-state index contributed by atoms with van der Waals surface area (Å²) in [6, 6.07) is 0.684. The molecule has 0 saturated carbocycles. The van der Waals surface area contributed by atoms with Crippen molar-refractivity contribution in [2.75, 3.05) is 39.8 Å². The van der Waals surface area contributed by atoms with E-state index < -0.39 is 0 Å². The molecule has 1 heterocycles. The number of nitrogens with one attached hydrogen (secondary N) is 1. The van der Waals surface area contributed by atoms with Crippen molar-refractivity contribution in [3.63, 3.8) is 0 Å². The minimum atomic E-state index is 0.341. The number of nitrogens with zero attached hydrogens (tertiary/aromatic N) is 2. The Labute approximate surface area is 120 Å². The van der Waals surface area contributed by atoms with Gasteiger partial charge >= 0.3 is 0 Å². The van der Waals surface area contributed by atoms with Crippen LogP contribution < -0.4 is 5.32 Å². The van der Waals surface area contributed by atoms with E-state index in [4.69, 9.17) is 0 Å². The standard InChI is InChI=1S/C16H35N3/c1-6-10-17-15(2)9-7-8-11-19-13-12-18(5)16(3,4)14-19/h15,17H,6-14H2,1-5H3. The molecule has 19 heavy (non-hydrogen) atoms. The van der Waals surface area contributed by atoms with Gasteiger partial charge in [0.15, 0.2) is 0 Å². The third-order valence-electron chi connectivity index (χ3n) is 4.50. The molecule has 1 aliphatic heterocycles. The van der Waals surface area contributed by atoms with E-state index in [1.54, 1.807) is 0 Å². The number of hydrogen-bond donors (Lipinski definition) is 1. The van der Waals surface area contributed by atoms with E-state index in [1.165, 1.54) is 51.9 Å². The molecule has 1 aliphatic rings. The Morgan fingerprint density at radius 1 is 1.21 bits per heavy atom. The van der Waals surface area contributed by atoms with Crippen LogP contribution >= 0.6 is 0 Å². The zero-order valence-electron chi connectivity index (χ0n) is 13.8. The maximum absolute atomic E-state index is 3.57. The Kier molecular flexibility index (Phi) is 7.33. The summed E-state index contributed by atoms with van der Waals surface area (Å²) in [4.78, 5) is 5.13. The Morgan fingerprint density at radius 3 is 2.58 bits per heavy atom. The van der Waals surface area contributed by atoms with Crippen molar-refractivity contribution in [3.05, 3.63) is 0 Å². The molecule has 0 aromatic rings. The van der Waals surface area contributed by atoms with Crippen molar-refractivity contribution in [1.29, 1.82) is 0 Å². The maximum Gasteiger partial charge on any atom is 0.0277 e. The van der Waals surface area contributed by atoms with Crippen LogP contribution in [0, 0.1) is 0 Å². The van der Waals surface area contributed by atoms with Crippen LogP contribution in [0.3, 0.4) is 0 Å². The van der Waals surface area contributed by atoms with Crippen LogP contribution in [0.2, 0.25) is 0 Å². The highest BCUT2D eigenvalue weighted by Gasteiger charge is 2.30. The molecule has 1 saturated heterocycles. The van der Waals surface area contributed by atoms with Crippen LogP contribution in [0.1, 0.15) is 53.4 Å². The van der Waals surface area contributed by atoms with E-state index in [2.05, 4.69) is 49.9 Å². The fourth-order valence-electron chi connectivity index (χ4n) is 2.81. The first kappa shape index (κ1) is 16.9. The first-order valence-corrected chi connectivity index (χ1v) is 8.12. The molecule has 0 bridgehead atoms. The molecule has 0 amide bonds. The van der Waals surface area contributed by atoms with Crippen molar-refractivity contribution >= 4 is 0 Å². The Hall–Kier alpha value is -0.120. The normalized spacial score (nSPS) is 22.6. The summed E-state index contributed by atoms with van der Waals surface area (Å²) in [5.41, 5.74) is 0.341. The molecule has 1 rings (SSSR count). The van der Waals surface area contributed by atoms with Gasteiger partial charge < -0.3 is 10.2 Å². The van der Waals surface area contributed by atoms with Crippen molar-refractivity contribution in [2.24, 2.45) is 0 Å². The van der Waals surface area contributed by atoms with Gasteiger partial charge in [0.25, 0.3) is 0 Å². The summed E-state index contributed by atoms with van der Waals surface area (Å²) < 4.78 is 0. The summed E-state index contributed by atoms with van der Waals surface area (Å²) in [5.74, 6) is 0. The van der Waals surface area contributed by atoms with Gasteiger partial charge in [-0.2, -0.15) is 0 Å². The van der Waals surface area contributed by atoms with Crippen LogP contribution in [0.25, 0.3) is 0 Å². The minimum Gasteiger partial charge on any atom is -0.314 e. The lowest BCUT2D eigenvalue weighted by Gasteiger charge is -2.45. The fourth-order valence-corrected chi connectivity index (χ4v) is 2.81. The molecule has 0 aromatic heterocycles. The SMILES string of the molecule is CCCNC(C)CCCCN1CCN(C)C(C)(C)C1. The van der Waals surface area contributed by atoms with E-state index >= 15 is 0 Å². The molecule has 1 N–H and O–H groups in total. The molecule has 3 heteroatoms. The second kappa shape index (κ2) is 8.23. The average molecular weight is 269 g/mol. The molecule has 1 atom stereocenters. The Bertz CT molecular complexity index is 240. The highest BCUT2D eigenvalue weighted by molar-refractivity contribution is 4.88. The van der Waals surface area contributed by atoms with Crippen LogP contribution in [-0.2, 0) is 0 Å². The maximum atomic E-state index is 3.57. The van der Waals surface area contributed by atoms with Gasteiger partial charge in [-0.05, 0) is 60.2 Å². The van der Waals surface area contributed by atoms with Crippen LogP contribution in [0.15, 0.2) is 0 Å². The van der Waals surface area contributed by atoms with Gasteiger partial charge in [0.05, 0.1) is 0 Å². The fraction of sp³-hybridized carbons (Fsp3) is 1.00. The summed E-state index contributed by atoms with van der Waals surface area (Å²) in [7, 11) is 2.25. The number of piperazine rings is 1. The molecule has 114 valence electrons. The quantitative estimate of drug-likeness (QED) is 0.683. The lowest BCUT2D eigenvalue weighted by atomic mass is 9.99. The van der Waals surface area contributed by atoms with Gasteiger partial charge in [0.2, 0.25) is 0 Å². The Morgan fingerprint density at radius 2 is 1.95 bits per heavy atom. The number of hydrogen-bond acceptors (Lipinski definition) is 3. The zero-order valence-corrected chi connectivity index (χ0v) is 13.8. The highest BCUT2D eigenvalue weighted by atomic mass is 15.3. The number of likely N-dealkylation sites (N-methyl/N-ethyl adjacent to an activating group) is 1. The smallest absolute Gasteiger partial charge is 0.0277 e. The first-order chi connectivity index (χ1) is 8.95. The van der Waals surface area contributed by atoms with Crippen molar-refractivity contribution in [2.45, 2.75) is 65.0 Å². The molecular weight excluding hydrogens is 234 g/mol. The van der Waals surface area contributed by atoms with Crippen molar-refractivity contribution in [1.82, 2.24) is 15.1 Å². The summed E-state index contributed by atoms with van der Waals surface area (Å²) in [6.45, 7) is 15.4. The summed E-state index contributed by atoms with van der Waals surface area (Å²) in [5, 5.41) is 3.57. The van der Waals surface area contributed by atoms with Gasteiger partial charge in [0, 0.05) is 31.2 Å². The predicted molar refractivity (Wildman–Crippen MR) is 84.8 cm³/mol. The Balaban J connectivity index is 2.10. The second-order valence-corrected chi connectivity index (χ2v) is 6.86. The van der Waals surface area contributed by atoms with Gasteiger partial charge in [-0.15, -0.1) is 0 Å². The summed E-state index contributed by atoms with van der Waals surface area (Å²) >= 11 is 0.